The van der Waals surface area contributed by atoms with Gasteiger partial charge in [-0.15, -0.1) is 0 Å². The highest BCUT2D eigenvalue weighted by Gasteiger charge is 2.26. The summed E-state index contributed by atoms with van der Waals surface area (Å²) in [6.45, 7) is 8.52. The van der Waals surface area contributed by atoms with Gasteiger partial charge in [0.25, 0.3) is 5.91 Å². The average molecular weight is 462 g/mol. The maximum Gasteiger partial charge on any atom is 0.251 e. The molecule has 0 aromatic heterocycles. The molecule has 1 saturated heterocycles. The molecule has 0 radical (unpaired) electrons. The van der Waals surface area contributed by atoms with Crippen LogP contribution in [0.15, 0.2) is 47.4 Å². The molecule has 0 spiro atoms. The van der Waals surface area contributed by atoms with Crippen molar-refractivity contribution in [2.24, 2.45) is 0 Å². The van der Waals surface area contributed by atoms with E-state index in [-0.39, 0.29) is 22.7 Å². The quantitative estimate of drug-likeness (QED) is 0.653. The van der Waals surface area contributed by atoms with Crippen molar-refractivity contribution in [3.05, 3.63) is 65.0 Å². The molecule has 0 unspecified atom stereocenters. The summed E-state index contributed by atoms with van der Waals surface area (Å²) in [7, 11) is -3.64. The van der Waals surface area contributed by atoms with Crippen molar-refractivity contribution < 1.29 is 17.6 Å². The van der Waals surface area contributed by atoms with Crippen molar-refractivity contribution in [1.82, 2.24) is 14.5 Å². The number of sulfonamides is 1. The number of hydrogen-bond donors (Lipinski definition) is 1. The van der Waals surface area contributed by atoms with E-state index in [0.29, 0.717) is 24.2 Å². The molecule has 3 rings (SSSR count). The Morgan fingerprint density at radius 3 is 2.31 bits per heavy atom. The van der Waals surface area contributed by atoms with Crippen molar-refractivity contribution in [1.29, 1.82) is 0 Å². The fourth-order valence-electron chi connectivity index (χ4n) is 4.07. The molecule has 2 aromatic rings. The molecule has 0 saturated carbocycles. The Balaban J connectivity index is 1.61. The summed E-state index contributed by atoms with van der Waals surface area (Å²) < 4.78 is 40.4. The number of carbonyl (C=O) groups excluding carboxylic acids is 1. The van der Waals surface area contributed by atoms with Gasteiger partial charge < -0.3 is 5.32 Å². The second-order valence-electron chi connectivity index (χ2n) is 8.22. The summed E-state index contributed by atoms with van der Waals surface area (Å²) in [6.07, 6.45) is 1.62. The third-order valence-electron chi connectivity index (χ3n) is 6.02. The van der Waals surface area contributed by atoms with Crippen LogP contribution in [-0.4, -0.2) is 55.8 Å². The molecule has 0 aliphatic carbocycles. The predicted octanol–water partition coefficient (Wildman–Crippen LogP) is 3.56. The first-order valence-corrected chi connectivity index (χ1v) is 12.6. The number of likely N-dealkylation sites (tertiary alicyclic amines) is 1. The first-order valence-electron chi connectivity index (χ1n) is 11.1. The Kier molecular flexibility index (Phi) is 8.03. The molecule has 1 N–H and O–H groups in total. The van der Waals surface area contributed by atoms with E-state index < -0.39 is 10.0 Å². The molecule has 1 heterocycles. The number of aryl methyl sites for hydroxylation is 1. The van der Waals surface area contributed by atoms with Crippen molar-refractivity contribution in [3.8, 4) is 0 Å². The SMILES string of the molecule is CCN(CC)S(=O)(=O)c1cc(C(=O)NC2CCN(Cc3ccc(F)cc3)CC2)ccc1C. The van der Waals surface area contributed by atoms with Gasteiger partial charge in [-0.25, -0.2) is 12.8 Å². The van der Waals surface area contributed by atoms with Crippen molar-refractivity contribution in [3.63, 3.8) is 0 Å². The van der Waals surface area contributed by atoms with Gasteiger partial charge in [-0.2, -0.15) is 4.31 Å². The maximum absolute atomic E-state index is 13.1. The van der Waals surface area contributed by atoms with Crippen molar-refractivity contribution in [2.45, 2.75) is 51.1 Å². The lowest BCUT2D eigenvalue weighted by Crippen LogP contribution is -2.44. The van der Waals surface area contributed by atoms with Crippen LogP contribution in [0.25, 0.3) is 0 Å². The van der Waals surface area contributed by atoms with E-state index in [2.05, 4.69) is 10.2 Å². The summed E-state index contributed by atoms with van der Waals surface area (Å²) in [5.41, 5.74) is 2.05. The Hall–Kier alpha value is -2.29. The highest BCUT2D eigenvalue weighted by atomic mass is 32.2. The molecule has 0 bridgehead atoms. The van der Waals surface area contributed by atoms with Crippen molar-refractivity contribution in [2.75, 3.05) is 26.2 Å². The normalized spacial score (nSPS) is 15.8. The first-order chi connectivity index (χ1) is 15.2. The Labute approximate surface area is 190 Å². The van der Waals surface area contributed by atoms with Gasteiger partial charge in [0.05, 0.1) is 4.90 Å². The van der Waals surface area contributed by atoms with Crippen LogP contribution in [0, 0.1) is 12.7 Å². The van der Waals surface area contributed by atoms with Gasteiger partial charge >= 0.3 is 0 Å². The zero-order chi connectivity index (χ0) is 23.3. The van der Waals surface area contributed by atoms with Crippen LogP contribution in [0.1, 0.15) is 48.2 Å². The molecule has 174 valence electrons. The summed E-state index contributed by atoms with van der Waals surface area (Å²) in [4.78, 5) is 15.3. The van der Waals surface area contributed by atoms with Crippen LogP contribution in [0.4, 0.5) is 4.39 Å². The van der Waals surface area contributed by atoms with Gasteiger partial charge in [-0.1, -0.05) is 32.0 Å². The number of nitrogens with one attached hydrogen (secondary N) is 1. The largest absolute Gasteiger partial charge is 0.349 e. The zero-order valence-corrected chi connectivity index (χ0v) is 19.8. The van der Waals surface area contributed by atoms with Crippen LogP contribution in [0.2, 0.25) is 0 Å². The lowest BCUT2D eigenvalue weighted by Gasteiger charge is -2.32. The fourth-order valence-corrected chi connectivity index (χ4v) is 5.78. The number of benzene rings is 2. The summed E-state index contributed by atoms with van der Waals surface area (Å²) >= 11 is 0. The molecule has 1 amide bonds. The predicted molar refractivity (Wildman–Crippen MR) is 123 cm³/mol. The van der Waals surface area contributed by atoms with E-state index in [4.69, 9.17) is 0 Å². The number of amides is 1. The van der Waals surface area contributed by atoms with Gasteiger partial charge in [0.1, 0.15) is 5.82 Å². The van der Waals surface area contributed by atoms with Gasteiger partial charge in [0, 0.05) is 44.3 Å². The maximum atomic E-state index is 13.1. The van der Waals surface area contributed by atoms with E-state index in [1.807, 2.05) is 0 Å². The van der Waals surface area contributed by atoms with E-state index in [9.17, 15) is 17.6 Å². The van der Waals surface area contributed by atoms with E-state index in [1.165, 1.54) is 22.5 Å². The second kappa shape index (κ2) is 10.6. The molecule has 8 heteroatoms. The van der Waals surface area contributed by atoms with Crippen LogP contribution in [-0.2, 0) is 16.6 Å². The van der Waals surface area contributed by atoms with Crippen LogP contribution >= 0.6 is 0 Å². The lowest BCUT2D eigenvalue weighted by molar-refractivity contribution is 0.0908. The third kappa shape index (κ3) is 5.74. The first kappa shape index (κ1) is 24.4. The Morgan fingerprint density at radius 1 is 1.09 bits per heavy atom. The second-order valence-corrected chi connectivity index (χ2v) is 10.1. The standard InChI is InChI=1S/C24H32FN3O3S/c1-4-28(5-2)32(30,31)23-16-20(9-6-18(23)3)24(29)26-22-12-14-27(15-13-22)17-19-7-10-21(25)11-8-19/h6-11,16,22H,4-5,12-15,17H2,1-3H3,(H,26,29). The number of nitrogens with zero attached hydrogens (tertiary/aromatic N) is 2. The molecular weight excluding hydrogens is 429 g/mol. The van der Waals surface area contributed by atoms with Crippen LogP contribution in [0.5, 0.6) is 0 Å². The number of hydrogen-bond acceptors (Lipinski definition) is 4. The minimum Gasteiger partial charge on any atom is -0.349 e. The van der Waals surface area contributed by atoms with Crippen LogP contribution < -0.4 is 5.32 Å². The third-order valence-corrected chi connectivity index (χ3v) is 8.21. The highest BCUT2D eigenvalue weighted by Crippen LogP contribution is 2.22. The monoisotopic (exact) mass is 461 g/mol. The summed E-state index contributed by atoms with van der Waals surface area (Å²) in [5.74, 6) is -0.489. The van der Waals surface area contributed by atoms with Crippen LogP contribution in [0.3, 0.4) is 0 Å². The van der Waals surface area contributed by atoms with Gasteiger partial charge in [-0.05, 0) is 55.2 Å². The Morgan fingerprint density at radius 2 is 1.72 bits per heavy atom. The molecule has 32 heavy (non-hydrogen) atoms. The van der Waals surface area contributed by atoms with Gasteiger partial charge in [-0.3, -0.25) is 9.69 Å². The molecule has 6 nitrogen and oxygen atoms in total. The average Bonchev–Trinajstić information content (AvgIpc) is 2.77. The Bertz CT molecular complexity index is 1030. The molecule has 1 aliphatic rings. The number of piperidine rings is 1. The number of halogens is 1. The van der Waals surface area contributed by atoms with Crippen molar-refractivity contribution >= 4 is 15.9 Å². The van der Waals surface area contributed by atoms with E-state index in [1.54, 1.807) is 45.0 Å². The van der Waals surface area contributed by atoms with Gasteiger partial charge in [0.2, 0.25) is 10.0 Å². The lowest BCUT2D eigenvalue weighted by atomic mass is 10.0. The zero-order valence-electron chi connectivity index (χ0n) is 19.0. The van der Waals surface area contributed by atoms with E-state index in [0.717, 1.165) is 38.0 Å². The molecule has 1 aliphatic heterocycles. The number of rotatable bonds is 8. The minimum absolute atomic E-state index is 0.0381. The fraction of sp³-hybridized carbons (Fsp3) is 0.458. The molecular formula is C24H32FN3O3S. The van der Waals surface area contributed by atoms with Gasteiger partial charge in [0.15, 0.2) is 0 Å². The minimum atomic E-state index is -3.64. The molecule has 2 aromatic carbocycles. The molecule has 1 fully saturated rings. The summed E-state index contributed by atoms with van der Waals surface area (Å²) in [6, 6.07) is 11.4. The smallest absolute Gasteiger partial charge is 0.251 e. The topological polar surface area (TPSA) is 69.7 Å². The highest BCUT2D eigenvalue weighted by molar-refractivity contribution is 7.89. The summed E-state index contributed by atoms with van der Waals surface area (Å²) in [5, 5.41) is 3.06. The molecule has 0 atom stereocenters. The van der Waals surface area contributed by atoms with E-state index >= 15 is 0 Å². The number of carbonyl (C=O) groups is 1.